The summed E-state index contributed by atoms with van der Waals surface area (Å²) in [4.78, 5) is 2.29. The second kappa shape index (κ2) is 6.87. The maximum absolute atomic E-state index is 8.79. The lowest BCUT2D eigenvalue weighted by Crippen LogP contribution is -2.32. The zero-order valence-electron chi connectivity index (χ0n) is 10.8. The molecule has 2 heteroatoms. The molecular formula is C13H25NO. The standard InChI is InChI=1S/C13H25NO/c1-12(2)14(10-7-11-15)9-6-8-13(3,4)5/h12,15H,7,9-11H2,1-5H3. The van der Waals surface area contributed by atoms with Crippen molar-refractivity contribution in [2.45, 2.75) is 47.1 Å². The summed E-state index contributed by atoms with van der Waals surface area (Å²) in [5.41, 5.74) is 0.0830. The van der Waals surface area contributed by atoms with E-state index in [0.717, 1.165) is 19.5 Å². The first kappa shape index (κ1) is 14.5. The fourth-order valence-electron chi connectivity index (χ4n) is 1.20. The Hall–Kier alpha value is -0.520. The average molecular weight is 211 g/mol. The molecule has 0 fully saturated rings. The van der Waals surface area contributed by atoms with Gasteiger partial charge in [0, 0.05) is 24.6 Å². The third-order valence-corrected chi connectivity index (χ3v) is 2.08. The van der Waals surface area contributed by atoms with E-state index in [4.69, 9.17) is 5.11 Å². The highest BCUT2D eigenvalue weighted by molar-refractivity contribution is 5.08. The second-order valence-electron chi connectivity index (χ2n) is 5.19. The first-order valence-corrected chi connectivity index (χ1v) is 5.72. The molecule has 0 aromatic heterocycles. The van der Waals surface area contributed by atoms with Crippen molar-refractivity contribution in [3.8, 4) is 11.8 Å². The number of hydrogen-bond acceptors (Lipinski definition) is 2. The topological polar surface area (TPSA) is 23.5 Å². The number of hydrogen-bond donors (Lipinski definition) is 1. The SMILES string of the molecule is CC(C)N(CC#CC(C)(C)C)CCCO. The van der Waals surface area contributed by atoms with Gasteiger partial charge in [-0.3, -0.25) is 4.90 Å². The number of nitrogens with zero attached hydrogens (tertiary/aromatic N) is 1. The molecule has 0 aromatic rings. The Morgan fingerprint density at radius 2 is 1.87 bits per heavy atom. The molecule has 0 aliphatic carbocycles. The van der Waals surface area contributed by atoms with Gasteiger partial charge in [0.25, 0.3) is 0 Å². The summed E-state index contributed by atoms with van der Waals surface area (Å²) in [6.45, 7) is 12.7. The maximum Gasteiger partial charge on any atom is 0.0604 e. The lowest BCUT2D eigenvalue weighted by molar-refractivity contribution is 0.210. The molecule has 0 amide bonds. The van der Waals surface area contributed by atoms with E-state index in [9.17, 15) is 0 Å². The van der Waals surface area contributed by atoms with Crippen LogP contribution in [0, 0.1) is 17.3 Å². The molecule has 2 nitrogen and oxygen atoms in total. The summed E-state index contributed by atoms with van der Waals surface area (Å²) in [5.74, 6) is 6.44. The van der Waals surface area contributed by atoms with E-state index >= 15 is 0 Å². The van der Waals surface area contributed by atoms with Crippen LogP contribution in [0.25, 0.3) is 0 Å². The molecule has 0 saturated heterocycles. The molecule has 0 aromatic carbocycles. The normalized spacial score (nSPS) is 11.7. The van der Waals surface area contributed by atoms with Gasteiger partial charge in [0.05, 0.1) is 6.54 Å². The fourth-order valence-corrected chi connectivity index (χ4v) is 1.20. The summed E-state index contributed by atoms with van der Waals surface area (Å²) < 4.78 is 0. The van der Waals surface area contributed by atoms with Gasteiger partial charge in [-0.05, 0) is 41.0 Å². The average Bonchev–Trinajstić information content (AvgIpc) is 2.08. The van der Waals surface area contributed by atoms with Crippen LogP contribution in [0.4, 0.5) is 0 Å². The molecule has 88 valence electrons. The van der Waals surface area contributed by atoms with Gasteiger partial charge in [0.2, 0.25) is 0 Å². The van der Waals surface area contributed by atoms with E-state index in [2.05, 4.69) is 51.4 Å². The Labute approximate surface area is 94.7 Å². The van der Waals surface area contributed by atoms with E-state index in [-0.39, 0.29) is 12.0 Å². The Morgan fingerprint density at radius 1 is 1.27 bits per heavy atom. The quantitative estimate of drug-likeness (QED) is 0.704. The summed E-state index contributed by atoms with van der Waals surface area (Å²) >= 11 is 0. The Morgan fingerprint density at radius 3 is 2.27 bits per heavy atom. The van der Waals surface area contributed by atoms with Crippen molar-refractivity contribution in [3.63, 3.8) is 0 Å². The smallest absolute Gasteiger partial charge is 0.0604 e. The van der Waals surface area contributed by atoms with Gasteiger partial charge >= 0.3 is 0 Å². The van der Waals surface area contributed by atoms with Crippen molar-refractivity contribution in [1.82, 2.24) is 4.90 Å². The highest BCUT2D eigenvalue weighted by atomic mass is 16.3. The van der Waals surface area contributed by atoms with E-state index in [1.165, 1.54) is 0 Å². The van der Waals surface area contributed by atoms with E-state index in [1.807, 2.05) is 0 Å². The van der Waals surface area contributed by atoms with Crippen LogP contribution in [0.15, 0.2) is 0 Å². The third-order valence-electron chi connectivity index (χ3n) is 2.08. The predicted molar refractivity (Wildman–Crippen MR) is 65.6 cm³/mol. The zero-order valence-corrected chi connectivity index (χ0v) is 10.8. The molecule has 0 aliphatic rings. The Balaban J connectivity index is 4.10. The van der Waals surface area contributed by atoms with Gasteiger partial charge in [-0.1, -0.05) is 11.8 Å². The number of aliphatic hydroxyl groups is 1. The Kier molecular flexibility index (Phi) is 6.63. The van der Waals surface area contributed by atoms with Crippen LogP contribution in [0.2, 0.25) is 0 Å². The summed E-state index contributed by atoms with van der Waals surface area (Å²) in [6, 6.07) is 0.491. The van der Waals surface area contributed by atoms with Crippen molar-refractivity contribution in [3.05, 3.63) is 0 Å². The summed E-state index contributed by atoms with van der Waals surface area (Å²) in [6.07, 6.45) is 0.829. The van der Waals surface area contributed by atoms with Crippen molar-refractivity contribution < 1.29 is 5.11 Å². The molecule has 0 aliphatic heterocycles. The number of rotatable bonds is 5. The van der Waals surface area contributed by atoms with Crippen molar-refractivity contribution in [1.29, 1.82) is 0 Å². The van der Waals surface area contributed by atoms with Crippen LogP contribution in [0.1, 0.15) is 41.0 Å². The monoisotopic (exact) mass is 211 g/mol. The third kappa shape index (κ3) is 8.47. The van der Waals surface area contributed by atoms with Crippen LogP contribution in [0.3, 0.4) is 0 Å². The van der Waals surface area contributed by atoms with Crippen molar-refractivity contribution in [2.75, 3.05) is 19.7 Å². The van der Waals surface area contributed by atoms with Gasteiger partial charge in [-0.2, -0.15) is 0 Å². The predicted octanol–water partition coefficient (Wildman–Crippen LogP) is 2.13. The van der Waals surface area contributed by atoms with Crippen LogP contribution in [-0.4, -0.2) is 35.7 Å². The molecule has 15 heavy (non-hydrogen) atoms. The molecule has 0 atom stereocenters. The maximum atomic E-state index is 8.79. The highest BCUT2D eigenvalue weighted by Crippen LogP contribution is 2.09. The molecular weight excluding hydrogens is 186 g/mol. The molecule has 0 heterocycles. The van der Waals surface area contributed by atoms with Gasteiger partial charge in [0.15, 0.2) is 0 Å². The van der Waals surface area contributed by atoms with Crippen LogP contribution in [0.5, 0.6) is 0 Å². The first-order chi connectivity index (χ1) is 6.87. The van der Waals surface area contributed by atoms with Gasteiger partial charge in [0.1, 0.15) is 0 Å². The molecule has 1 N–H and O–H groups in total. The molecule has 0 spiro atoms. The second-order valence-corrected chi connectivity index (χ2v) is 5.19. The summed E-state index contributed by atoms with van der Waals surface area (Å²) in [7, 11) is 0. The van der Waals surface area contributed by atoms with Crippen LogP contribution in [-0.2, 0) is 0 Å². The molecule has 0 unspecified atom stereocenters. The van der Waals surface area contributed by atoms with Crippen LogP contribution >= 0.6 is 0 Å². The Bertz CT molecular complexity index is 217. The summed E-state index contributed by atoms with van der Waals surface area (Å²) in [5, 5.41) is 8.79. The lowest BCUT2D eigenvalue weighted by atomic mass is 9.98. The highest BCUT2D eigenvalue weighted by Gasteiger charge is 2.07. The molecule has 0 rings (SSSR count). The minimum Gasteiger partial charge on any atom is -0.396 e. The molecule has 0 saturated carbocycles. The molecule has 0 radical (unpaired) electrons. The van der Waals surface area contributed by atoms with Crippen LogP contribution < -0.4 is 0 Å². The van der Waals surface area contributed by atoms with Crippen molar-refractivity contribution in [2.24, 2.45) is 5.41 Å². The van der Waals surface area contributed by atoms with Gasteiger partial charge in [-0.25, -0.2) is 0 Å². The molecule has 0 bridgehead atoms. The van der Waals surface area contributed by atoms with Gasteiger partial charge < -0.3 is 5.11 Å². The minimum absolute atomic E-state index is 0.0830. The van der Waals surface area contributed by atoms with E-state index in [0.29, 0.717) is 6.04 Å². The zero-order chi connectivity index (χ0) is 11.9. The van der Waals surface area contributed by atoms with Gasteiger partial charge in [-0.15, -0.1) is 0 Å². The minimum atomic E-state index is 0.0830. The fraction of sp³-hybridized carbons (Fsp3) is 0.846. The van der Waals surface area contributed by atoms with Crippen molar-refractivity contribution >= 4 is 0 Å². The lowest BCUT2D eigenvalue weighted by Gasteiger charge is -2.23. The largest absolute Gasteiger partial charge is 0.396 e. The van der Waals surface area contributed by atoms with E-state index < -0.39 is 0 Å². The van der Waals surface area contributed by atoms with E-state index in [1.54, 1.807) is 0 Å². The number of aliphatic hydroxyl groups excluding tert-OH is 1. The first-order valence-electron chi connectivity index (χ1n) is 5.72.